The van der Waals surface area contributed by atoms with E-state index in [9.17, 15) is 0 Å². The highest BCUT2D eigenvalue weighted by molar-refractivity contribution is 5.88. The smallest absolute Gasteiger partial charge is 0.139 e. The number of nitrogens with zero attached hydrogens (tertiary/aromatic N) is 3. The third kappa shape index (κ3) is 2.96. The summed E-state index contributed by atoms with van der Waals surface area (Å²) in [7, 11) is 2.07. The number of para-hydroxylation sites is 1. The van der Waals surface area contributed by atoms with Crippen LogP contribution in [0.4, 0.5) is 5.82 Å². The summed E-state index contributed by atoms with van der Waals surface area (Å²) in [5.74, 6) is 0.999. The number of fused-ring (bicyclic) bond motifs is 1. The first kappa shape index (κ1) is 12.8. The van der Waals surface area contributed by atoms with E-state index in [4.69, 9.17) is 0 Å². The van der Waals surface area contributed by atoms with E-state index in [-0.39, 0.29) is 0 Å². The van der Waals surface area contributed by atoms with Crippen LogP contribution in [0.1, 0.15) is 13.3 Å². The number of nitrogens with one attached hydrogen (secondary N) is 1. The van der Waals surface area contributed by atoms with Gasteiger partial charge in [-0.3, -0.25) is 0 Å². The molecule has 0 saturated carbocycles. The summed E-state index contributed by atoms with van der Waals surface area (Å²) in [6.45, 7) is 5.16. The first-order chi connectivity index (χ1) is 8.83. The van der Waals surface area contributed by atoms with Crippen molar-refractivity contribution in [2.75, 3.05) is 31.6 Å². The highest BCUT2D eigenvalue weighted by atomic mass is 15.2. The van der Waals surface area contributed by atoms with Crippen LogP contribution in [0.15, 0.2) is 30.6 Å². The lowest BCUT2D eigenvalue weighted by Gasteiger charge is -2.19. The van der Waals surface area contributed by atoms with Crippen molar-refractivity contribution in [1.29, 1.82) is 0 Å². The van der Waals surface area contributed by atoms with Crippen molar-refractivity contribution in [3.63, 3.8) is 0 Å². The summed E-state index contributed by atoms with van der Waals surface area (Å²) >= 11 is 0. The molecule has 0 radical (unpaired) electrons. The predicted molar refractivity (Wildman–Crippen MR) is 76.0 cm³/mol. The van der Waals surface area contributed by atoms with Crippen molar-refractivity contribution in [2.24, 2.45) is 0 Å². The Morgan fingerprint density at radius 2 is 2.00 bits per heavy atom. The summed E-state index contributed by atoms with van der Waals surface area (Å²) in [5, 5.41) is 4.51. The largest absolute Gasteiger partial charge is 0.358 e. The van der Waals surface area contributed by atoms with Crippen LogP contribution < -0.4 is 10.2 Å². The Morgan fingerprint density at radius 1 is 1.17 bits per heavy atom. The Hall–Kier alpha value is -1.68. The highest BCUT2D eigenvalue weighted by Crippen LogP contribution is 2.20. The van der Waals surface area contributed by atoms with E-state index in [0.717, 1.165) is 36.4 Å². The molecule has 1 heterocycles. The van der Waals surface area contributed by atoms with Gasteiger partial charge in [-0.1, -0.05) is 19.1 Å². The van der Waals surface area contributed by atoms with Crippen LogP contribution in [0.3, 0.4) is 0 Å². The maximum atomic E-state index is 4.39. The SMILES string of the molecule is CCCNCCN(C)c1ncnc2ccccc12. The number of likely N-dealkylation sites (N-methyl/N-ethyl adjacent to an activating group) is 1. The quantitative estimate of drug-likeness (QED) is 0.790. The number of hydrogen-bond acceptors (Lipinski definition) is 4. The minimum absolute atomic E-state index is 0.945. The van der Waals surface area contributed by atoms with Crippen molar-refractivity contribution < 1.29 is 0 Å². The van der Waals surface area contributed by atoms with Crippen LogP contribution in [0.2, 0.25) is 0 Å². The molecule has 1 aromatic carbocycles. The lowest BCUT2D eigenvalue weighted by atomic mass is 10.2. The molecule has 2 rings (SSSR count). The molecule has 4 heteroatoms. The van der Waals surface area contributed by atoms with E-state index in [1.54, 1.807) is 6.33 Å². The zero-order valence-electron chi connectivity index (χ0n) is 11.1. The molecule has 0 atom stereocenters. The summed E-state index contributed by atoms with van der Waals surface area (Å²) in [6, 6.07) is 8.12. The zero-order chi connectivity index (χ0) is 12.8. The maximum absolute atomic E-state index is 4.39. The molecule has 4 nitrogen and oxygen atoms in total. The van der Waals surface area contributed by atoms with Crippen LogP contribution in [-0.2, 0) is 0 Å². The number of rotatable bonds is 6. The van der Waals surface area contributed by atoms with Crippen LogP contribution >= 0.6 is 0 Å². The van der Waals surface area contributed by atoms with Crippen LogP contribution in [0.25, 0.3) is 10.9 Å². The molecule has 0 aliphatic heterocycles. The van der Waals surface area contributed by atoms with E-state index in [1.807, 2.05) is 18.2 Å². The van der Waals surface area contributed by atoms with Gasteiger partial charge in [0.05, 0.1) is 5.52 Å². The average molecular weight is 244 g/mol. The molecule has 0 fully saturated rings. The zero-order valence-corrected chi connectivity index (χ0v) is 11.1. The molecule has 18 heavy (non-hydrogen) atoms. The molecule has 1 aromatic heterocycles. The number of benzene rings is 1. The van der Waals surface area contributed by atoms with Gasteiger partial charge >= 0.3 is 0 Å². The molecule has 2 aromatic rings. The summed E-state index contributed by atoms with van der Waals surface area (Å²) < 4.78 is 0. The lowest BCUT2D eigenvalue weighted by molar-refractivity contribution is 0.664. The molecule has 0 amide bonds. The Bertz CT molecular complexity index is 493. The molecule has 1 N–H and O–H groups in total. The van der Waals surface area contributed by atoms with Crippen LogP contribution in [0, 0.1) is 0 Å². The second-order valence-electron chi connectivity index (χ2n) is 4.39. The fourth-order valence-electron chi connectivity index (χ4n) is 1.95. The summed E-state index contributed by atoms with van der Waals surface area (Å²) in [5.41, 5.74) is 0.996. The van der Waals surface area contributed by atoms with Crippen molar-refractivity contribution in [3.8, 4) is 0 Å². The van der Waals surface area contributed by atoms with E-state index >= 15 is 0 Å². The Morgan fingerprint density at radius 3 is 2.83 bits per heavy atom. The molecule has 96 valence electrons. The summed E-state index contributed by atoms with van der Waals surface area (Å²) in [4.78, 5) is 10.8. The van der Waals surface area contributed by atoms with Crippen molar-refractivity contribution in [1.82, 2.24) is 15.3 Å². The fraction of sp³-hybridized carbons (Fsp3) is 0.429. The van der Waals surface area contributed by atoms with Gasteiger partial charge in [0.25, 0.3) is 0 Å². The Labute approximate surface area is 108 Å². The second-order valence-corrected chi connectivity index (χ2v) is 4.39. The predicted octanol–water partition coefficient (Wildman–Crippen LogP) is 2.07. The van der Waals surface area contributed by atoms with Crippen LogP contribution in [-0.4, -0.2) is 36.6 Å². The standard InChI is InChI=1S/C14H20N4/c1-3-8-15-9-10-18(2)14-12-6-4-5-7-13(12)16-11-17-14/h4-7,11,15H,3,8-10H2,1-2H3. The molecule has 0 spiro atoms. The van der Waals surface area contributed by atoms with Gasteiger partial charge in [0, 0.05) is 25.5 Å². The highest BCUT2D eigenvalue weighted by Gasteiger charge is 2.07. The van der Waals surface area contributed by atoms with Gasteiger partial charge in [-0.05, 0) is 25.1 Å². The molecule has 0 aliphatic rings. The lowest BCUT2D eigenvalue weighted by Crippen LogP contribution is -2.30. The maximum Gasteiger partial charge on any atom is 0.139 e. The van der Waals surface area contributed by atoms with Gasteiger partial charge < -0.3 is 10.2 Å². The van der Waals surface area contributed by atoms with E-state index in [0.29, 0.717) is 0 Å². The molecular weight excluding hydrogens is 224 g/mol. The van der Waals surface area contributed by atoms with E-state index < -0.39 is 0 Å². The first-order valence-corrected chi connectivity index (χ1v) is 6.44. The molecule has 0 bridgehead atoms. The number of anilines is 1. The third-order valence-corrected chi connectivity index (χ3v) is 2.93. The number of hydrogen-bond donors (Lipinski definition) is 1. The van der Waals surface area contributed by atoms with Gasteiger partial charge in [0.15, 0.2) is 0 Å². The minimum atomic E-state index is 0.945. The van der Waals surface area contributed by atoms with Gasteiger partial charge in [-0.25, -0.2) is 9.97 Å². The van der Waals surface area contributed by atoms with Crippen LogP contribution in [0.5, 0.6) is 0 Å². The van der Waals surface area contributed by atoms with Crippen molar-refractivity contribution >= 4 is 16.7 Å². The van der Waals surface area contributed by atoms with Gasteiger partial charge in [-0.15, -0.1) is 0 Å². The summed E-state index contributed by atoms with van der Waals surface area (Å²) in [6.07, 6.45) is 2.80. The molecule has 0 unspecified atom stereocenters. The average Bonchev–Trinajstić information content (AvgIpc) is 2.43. The Balaban J connectivity index is 2.10. The van der Waals surface area contributed by atoms with E-state index in [2.05, 4.69) is 40.2 Å². The molecular formula is C14H20N4. The number of aromatic nitrogens is 2. The molecule has 0 aliphatic carbocycles. The minimum Gasteiger partial charge on any atom is -0.358 e. The van der Waals surface area contributed by atoms with Gasteiger partial charge in [0.2, 0.25) is 0 Å². The van der Waals surface area contributed by atoms with Crippen molar-refractivity contribution in [3.05, 3.63) is 30.6 Å². The Kier molecular flexibility index (Phi) is 4.47. The van der Waals surface area contributed by atoms with Gasteiger partial charge in [0.1, 0.15) is 12.1 Å². The van der Waals surface area contributed by atoms with E-state index in [1.165, 1.54) is 6.42 Å². The molecule has 0 saturated heterocycles. The first-order valence-electron chi connectivity index (χ1n) is 6.44. The second kappa shape index (κ2) is 6.31. The monoisotopic (exact) mass is 244 g/mol. The topological polar surface area (TPSA) is 41.0 Å². The normalized spacial score (nSPS) is 10.8. The fourth-order valence-corrected chi connectivity index (χ4v) is 1.95. The van der Waals surface area contributed by atoms with Crippen molar-refractivity contribution in [2.45, 2.75) is 13.3 Å². The third-order valence-electron chi connectivity index (χ3n) is 2.93. The van der Waals surface area contributed by atoms with Gasteiger partial charge in [-0.2, -0.15) is 0 Å².